The SMILES string of the molecule is CSc1nc2ncnc(Sc3nc4sc(C)c(C)c4c(=O)n3C)c2s1. The second-order valence-electron chi connectivity index (χ2n) is 5.34. The first-order valence-corrected chi connectivity index (χ1v) is 11.0. The Kier molecular flexibility index (Phi) is 4.30. The first-order chi connectivity index (χ1) is 12.0. The van der Waals surface area contributed by atoms with E-state index in [1.807, 2.05) is 20.1 Å². The molecule has 0 aromatic carbocycles. The fourth-order valence-electron chi connectivity index (χ4n) is 2.41. The van der Waals surface area contributed by atoms with E-state index in [0.717, 1.165) is 29.3 Å². The minimum Gasteiger partial charge on any atom is -0.290 e. The third kappa shape index (κ3) is 2.77. The summed E-state index contributed by atoms with van der Waals surface area (Å²) in [5.74, 6) is 0. The molecule has 0 bridgehead atoms. The zero-order valence-electron chi connectivity index (χ0n) is 13.9. The molecule has 4 rings (SSSR count). The Bertz CT molecular complexity index is 1180. The van der Waals surface area contributed by atoms with Gasteiger partial charge in [0.05, 0.1) is 5.39 Å². The molecule has 0 N–H and O–H groups in total. The Hall–Kier alpha value is -1.49. The average molecular weight is 408 g/mol. The van der Waals surface area contributed by atoms with Crippen molar-refractivity contribution in [1.29, 1.82) is 0 Å². The second-order valence-corrected chi connectivity index (χ2v) is 9.55. The Balaban J connectivity index is 1.88. The van der Waals surface area contributed by atoms with Crippen molar-refractivity contribution in [2.75, 3.05) is 6.26 Å². The fourth-order valence-corrected chi connectivity index (χ4v) is 5.95. The third-order valence-electron chi connectivity index (χ3n) is 3.87. The molecule has 0 radical (unpaired) electrons. The van der Waals surface area contributed by atoms with Gasteiger partial charge < -0.3 is 0 Å². The molecule has 4 heterocycles. The van der Waals surface area contributed by atoms with Gasteiger partial charge in [-0.3, -0.25) is 9.36 Å². The Morgan fingerprint density at radius 3 is 2.72 bits per heavy atom. The average Bonchev–Trinajstić information content (AvgIpc) is 3.14. The molecule has 10 heteroatoms. The number of hydrogen-bond acceptors (Lipinski definition) is 9. The lowest BCUT2D eigenvalue weighted by Gasteiger charge is -2.06. The Labute approximate surface area is 159 Å². The van der Waals surface area contributed by atoms with Gasteiger partial charge in [-0.15, -0.1) is 22.7 Å². The molecular formula is C15H13N5OS4. The van der Waals surface area contributed by atoms with Crippen molar-refractivity contribution in [3.05, 3.63) is 27.1 Å². The van der Waals surface area contributed by atoms with Crippen molar-refractivity contribution < 1.29 is 0 Å². The van der Waals surface area contributed by atoms with Crippen molar-refractivity contribution in [2.45, 2.75) is 28.4 Å². The Morgan fingerprint density at radius 2 is 1.96 bits per heavy atom. The summed E-state index contributed by atoms with van der Waals surface area (Å²) in [6, 6.07) is 0. The molecule has 4 aromatic heterocycles. The maximum Gasteiger partial charge on any atom is 0.262 e. The van der Waals surface area contributed by atoms with E-state index in [4.69, 9.17) is 4.98 Å². The molecule has 25 heavy (non-hydrogen) atoms. The molecule has 128 valence electrons. The molecule has 0 aliphatic carbocycles. The van der Waals surface area contributed by atoms with Crippen LogP contribution in [0.15, 0.2) is 25.6 Å². The maximum absolute atomic E-state index is 12.8. The predicted molar refractivity (Wildman–Crippen MR) is 105 cm³/mol. The standard InChI is InChI=1S/C15H13N5OS4/c1-6-7(2)23-11-8(6)13(21)20(3)14(19-11)25-12-9-10(16-5-17-12)18-15(22-4)24-9/h5H,1-4H3. The lowest BCUT2D eigenvalue weighted by Crippen LogP contribution is -2.19. The number of rotatable bonds is 3. The van der Waals surface area contributed by atoms with Gasteiger partial charge in [0.2, 0.25) is 0 Å². The molecule has 0 amide bonds. The van der Waals surface area contributed by atoms with Gasteiger partial charge in [0, 0.05) is 11.9 Å². The highest BCUT2D eigenvalue weighted by molar-refractivity contribution is 8.00. The third-order valence-corrected chi connectivity index (χ3v) is 8.19. The minimum absolute atomic E-state index is 0.0197. The summed E-state index contributed by atoms with van der Waals surface area (Å²) in [5, 5.41) is 2.11. The van der Waals surface area contributed by atoms with E-state index in [0.29, 0.717) is 16.2 Å². The normalized spacial score (nSPS) is 11.7. The summed E-state index contributed by atoms with van der Waals surface area (Å²) >= 11 is 6.07. The van der Waals surface area contributed by atoms with Crippen LogP contribution in [0.3, 0.4) is 0 Å². The van der Waals surface area contributed by atoms with Crippen LogP contribution in [0.4, 0.5) is 0 Å². The van der Waals surface area contributed by atoms with Crippen LogP contribution in [0, 0.1) is 13.8 Å². The van der Waals surface area contributed by atoms with Crippen LogP contribution >= 0.6 is 46.2 Å². The molecule has 6 nitrogen and oxygen atoms in total. The molecular weight excluding hydrogens is 394 g/mol. The molecule has 0 unspecified atom stereocenters. The fraction of sp³-hybridized carbons (Fsp3) is 0.267. The number of nitrogens with zero attached hydrogens (tertiary/aromatic N) is 5. The summed E-state index contributed by atoms with van der Waals surface area (Å²) in [6.45, 7) is 3.99. The number of hydrogen-bond donors (Lipinski definition) is 0. The second kappa shape index (κ2) is 6.35. The van der Waals surface area contributed by atoms with Crippen LogP contribution in [0.25, 0.3) is 20.6 Å². The molecule has 0 atom stereocenters. The first kappa shape index (κ1) is 17.0. The molecule has 0 aliphatic heterocycles. The molecule has 0 fully saturated rings. The summed E-state index contributed by atoms with van der Waals surface area (Å²) in [6.07, 6.45) is 3.49. The number of aryl methyl sites for hydroxylation is 2. The zero-order valence-corrected chi connectivity index (χ0v) is 17.1. The summed E-state index contributed by atoms with van der Waals surface area (Å²) < 4.78 is 3.46. The lowest BCUT2D eigenvalue weighted by atomic mass is 10.2. The number of fused-ring (bicyclic) bond motifs is 2. The summed E-state index contributed by atoms with van der Waals surface area (Å²) in [5.41, 5.74) is 1.68. The lowest BCUT2D eigenvalue weighted by molar-refractivity contribution is 0.727. The number of thiophene rings is 1. The van der Waals surface area contributed by atoms with Crippen LogP contribution in [0.1, 0.15) is 10.4 Å². The van der Waals surface area contributed by atoms with E-state index in [2.05, 4.69) is 15.0 Å². The smallest absolute Gasteiger partial charge is 0.262 e. The van der Waals surface area contributed by atoms with Gasteiger partial charge in [-0.2, -0.15) is 0 Å². The Morgan fingerprint density at radius 1 is 1.16 bits per heavy atom. The van der Waals surface area contributed by atoms with Crippen LogP contribution < -0.4 is 5.56 Å². The summed E-state index contributed by atoms with van der Waals surface area (Å²) in [7, 11) is 1.75. The van der Waals surface area contributed by atoms with Gasteiger partial charge in [-0.25, -0.2) is 19.9 Å². The van der Waals surface area contributed by atoms with Gasteiger partial charge >= 0.3 is 0 Å². The zero-order chi connectivity index (χ0) is 17.7. The van der Waals surface area contributed by atoms with E-state index in [-0.39, 0.29) is 5.56 Å². The topological polar surface area (TPSA) is 73.6 Å². The van der Waals surface area contributed by atoms with Crippen molar-refractivity contribution in [1.82, 2.24) is 24.5 Å². The van der Waals surface area contributed by atoms with E-state index >= 15 is 0 Å². The maximum atomic E-state index is 12.8. The molecule has 4 aromatic rings. The van der Waals surface area contributed by atoms with Crippen molar-refractivity contribution in [3.63, 3.8) is 0 Å². The van der Waals surface area contributed by atoms with Gasteiger partial charge in [0.15, 0.2) is 15.1 Å². The van der Waals surface area contributed by atoms with E-state index in [1.165, 1.54) is 18.1 Å². The quantitative estimate of drug-likeness (QED) is 0.290. The van der Waals surface area contributed by atoms with Gasteiger partial charge in [0.1, 0.15) is 20.9 Å². The monoisotopic (exact) mass is 407 g/mol. The van der Waals surface area contributed by atoms with Crippen LogP contribution in [-0.2, 0) is 7.05 Å². The van der Waals surface area contributed by atoms with Crippen LogP contribution in [0.5, 0.6) is 0 Å². The van der Waals surface area contributed by atoms with E-state index < -0.39 is 0 Å². The van der Waals surface area contributed by atoms with Gasteiger partial charge in [0.25, 0.3) is 5.56 Å². The number of thiazole rings is 1. The van der Waals surface area contributed by atoms with Gasteiger partial charge in [-0.1, -0.05) is 11.8 Å². The van der Waals surface area contributed by atoms with E-state index in [9.17, 15) is 4.79 Å². The largest absolute Gasteiger partial charge is 0.290 e. The number of thioether (sulfide) groups is 1. The number of aromatic nitrogens is 5. The van der Waals surface area contributed by atoms with Crippen LogP contribution in [0.2, 0.25) is 0 Å². The van der Waals surface area contributed by atoms with Gasteiger partial charge in [-0.05, 0) is 37.4 Å². The highest BCUT2D eigenvalue weighted by atomic mass is 32.2. The van der Waals surface area contributed by atoms with Crippen molar-refractivity contribution in [2.24, 2.45) is 7.05 Å². The highest BCUT2D eigenvalue weighted by Gasteiger charge is 2.18. The molecule has 0 aliphatic rings. The van der Waals surface area contributed by atoms with Crippen molar-refractivity contribution in [3.8, 4) is 0 Å². The van der Waals surface area contributed by atoms with Crippen molar-refractivity contribution >= 4 is 66.8 Å². The van der Waals surface area contributed by atoms with Crippen LogP contribution in [-0.4, -0.2) is 30.8 Å². The highest BCUT2D eigenvalue weighted by Crippen LogP contribution is 2.36. The summed E-state index contributed by atoms with van der Waals surface area (Å²) in [4.78, 5) is 32.5. The molecule has 0 saturated carbocycles. The molecule has 0 saturated heterocycles. The first-order valence-electron chi connectivity index (χ1n) is 7.29. The minimum atomic E-state index is -0.0197. The predicted octanol–water partition coefficient (Wildman–Crippen LogP) is 3.88. The molecule has 0 spiro atoms. The van der Waals surface area contributed by atoms with E-state index in [1.54, 1.807) is 46.1 Å².